The molecule has 0 saturated carbocycles. The highest BCUT2D eigenvalue weighted by atomic mass is 16.5. The molecule has 6 nitrogen and oxygen atoms in total. The highest BCUT2D eigenvalue weighted by Gasteiger charge is 2.54. The zero-order valence-electron chi connectivity index (χ0n) is 12.7. The quantitative estimate of drug-likeness (QED) is 0.679. The van der Waals surface area contributed by atoms with E-state index in [1.54, 1.807) is 13.8 Å². The summed E-state index contributed by atoms with van der Waals surface area (Å²) in [4.78, 5) is 37.6. The molecule has 0 aliphatic carbocycles. The van der Waals surface area contributed by atoms with Crippen LogP contribution in [0.5, 0.6) is 0 Å². The topological polar surface area (TPSA) is 72.9 Å². The first-order chi connectivity index (χ1) is 10.0. The fraction of sp³-hybridized carbons (Fsp3) is 0.800. The summed E-state index contributed by atoms with van der Waals surface area (Å²) < 4.78 is 10.5. The summed E-state index contributed by atoms with van der Waals surface area (Å²) in [6.07, 6.45) is 2.21. The maximum Gasteiger partial charge on any atom is 0.305 e. The van der Waals surface area contributed by atoms with E-state index in [0.717, 1.165) is 25.9 Å². The molecular formula is C15H23NO5. The predicted molar refractivity (Wildman–Crippen MR) is 74.5 cm³/mol. The van der Waals surface area contributed by atoms with Crippen molar-refractivity contribution in [1.29, 1.82) is 0 Å². The maximum absolute atomic E-state index is 12.7. The first kappa shape index (κ1) is 15.9. The van der Waals surface area contributed by atoms with E-state index in [9.17, 15) is 14.4 Å². The van der Waals surface area contributed by atoms with Crippen molar-refractivity contribution < 1.29 is 23.9 Å². The molecule has 0 aromatic rings. The number of ketones is 1. The molecule has 2 bridgehead atoms. The SMILES string of the molecule is CCC(=O)OCC1(COC(=O)CC)C(=O)C2CCN1CC2. The fourth-order valence-electron chi connectivity index (χ4n) is 3.08. The van der Waals surface area contributed by atoms with Gasteiger partial charge in [0, 0.05) is 31.8 Å². The second kappa shape index (κ2) is 6.56. The van der Waals surface area contributed by atoms with Gasteiger partial charge in [0.15, 0.2) is 5.78 Å². The minimum Gasteiger partial charge on any atom is -0.463 e. The maximum atomic E-state index is 12.7. The van der Waals surface area contributed by atoms with Crippen molar-refractivity contribution >= 4 is 17.7 Å². The molecule has 0 radical (unpaired) electrons. The van der Waals surface area contributed by atoms with Crippen molar-refractivity contribution in [2.75, 3.05) is 26.3 Å². The Hall–Kier alpha value is -1.43. The molecule has 0 aromatic heterocycles. The van der Waals surface area contributed by atoms with Crippen molar-refractivity contribution in [3.05, 3.63) is 0 Å². The van der Waals surface area contributed by atoms with Crippen LogP contribution in [0.4, 0.5) is 0 Å². The van der Waals surface area contributed by atoms with Gasteiger partial charge < -0.3 is 9.47 Å². The summed E-state index contributed by atoms with van der Waals surface area (Å²) in [6, 6.07) is 0. The van der Waals surface area contributed by atoms with E-state index < -0.39 is 5.54 Å². The standard InChI is InChI=1S/C15H23NO5/c1-3-12(17)20-9-15(10-21-13(18)4-2)14(19)11-5-7-16(15)8-6-11/h11H,3-10H2,1-2H3. The van der Waals surface area contributed by atoms with Crippen LogP contribution in [0.1, 0.15) is 39.5 Å². The third-order valence-corrected chi connectivity index (χ3v) is 4.45. The predicted octanol–water partition coefficient (Wildman–Crippen LogP) is 0.926. The Kier molecular flexibility index (Phi) is 4.98. The van der Waals surface area contributed by atoms with Crippen molar-refractivity contribution in [2.24, 2.45) is 5.92 Å². The first-order valence-corrected chi connectivity index (χ1v) is 7.64. The molecule has 3 saturated heterocycles. The molecule has 0 amide bonds. The lowest BCUT2D eigenvalue weighted by Crippen LogP contribution is -2.69. The number of esters is 2. The zero-order valence-corrected chi connectivity index (χ0v) is 12.7. The lowest BCUT2D eigenvalue weighted by molar-refractivity contribution is -0.172. The molecule has 118 valence electrons. The average molecular weight is 297 g/mol. The van der Waals surface area contributed by atoms with Crippen LogP contribution in [-0.2, 0) is 23.9 Å². The summed E-state index contributed by atoms with van der Waals surface area (Å²) in [6.45, 7) is 4.94. The fourth-order valence-corrected chi connectivity index (χ4v) is 3.08. The smallest absolute Gasteiger partial charge is 0.305 e. The Morgan fingerprint density at radius 3 is 1.95 bits per heavy atom. The number of piperidine rings is 3. The molecule has 3 fully saturated rings. The average Bonchev–Trinajstić information content (AvgIpc) is 2.53. The summed E-state index contributed by atoms with van der Waals surface area (Å²) in [7, 11) is 0. The van der Waals surface area contributed by atoms with E-state index >= 15 is 0 Å². The molecule has 0 N–H and O–H groups in total. The number of carbonyl (C=O) groups is 3. The van der Waals surface area contributed by atoms with Crippen molar-refractivity contribution in [2.45, 2.75) is 45.1 Å². The van der Waals surface area contributed by atoms with Crippen molar-refractivity contribution in [3.63, 3.8) is 0 Å². The largest absolute Gasteiger partial charge is 0.463 e. The third kappa shape index (κ3) is 3.10. The minimum atomic E-state index is -0.975. The Morgan fingerprint density at radius 2 is 1.57 bits per heavy atom. The Balaban J connectivity index is 2.15. The molecule has 0 spiro atoms. The van der Waals surface area contributed by atoms with Crippen LogP contribution in [0.15, 0.2) is 0 Å². The number of fused-ring (bicyclic) bond motifs is 3. The van der Waals surface area contributed by atoms with Gasteiger partial charge in [-0.1, -0.05) is 13.8 Å². The van der Waals surface area contributed by atoms with E-state index in [0.29, 0.717) is 0 Å². The molecule has 21 heavy (non-hydrogen) atoms. The van der Waals surface area contributed by atoms with Gasteiger partial charge in [-0.2, -0.15) is 0 Å². The Morgan fingerprint density at radius 1 is 1.10 bits per heavy atom. The monoisotopic (exact) mass is 297 g/mol. The van der Waals surface area contributed by atoms with E-state index in [-0.39, 0.29) is 49.7 Å². The second-order valence-corrected chi connectivity index (χ2v) is 5.69. The van der Waals surface area contributed by atoms with Gasteiger partial charge in [-0.05, 0) is 12.8 Å². The number of nitrogens with zero attached hydrogens (tertiary/aromatic N) is 1. The molecule has 0 unspecified atom stereocenters. The van der Waals surface area contributed by atoms with Gasteiger partial charge in [-0.15, -0.1) is 0 Å². The van der Waals surface area contributed by atoms with E-state index in [4.69, 9.17) is 9.47 Å². The molecule has 0 aromatic carbocycles. The number of ether oxygens (including phenoxy) is 2. The minimum absolute atomic E-state index is 0.00402. The van der Waals surface area contributed by atoms with Gasteiger partial charge in [-0.25, -0.2) is 0 Å². The van der Waals surface area contributed by atoms with Crippen LogP contribution >= 0.6 is 0 Å². The number of hydrogen-bond donors (Lipinski definition) is 0. The first-order valence-electron chi connectivity index (χ1n) is 7.64. The van der Waals surface area contributed by atoms with Gasteiger partial charge in [0.1, 0.15) is 18.8 Å². The highest BCUT2D eigenvalue weighted by Crippen LogP contribution is 2.37. The normalized spacial score (nSPS) is 26.5. The summed E-state index contributed by atoms with van der Waals surface area (Å²) in [5, 5.41) is 0. The van der Waals surface area contributed by atoms with Gasteiger partial charge in [-0.3, -0.25) is 19.3 Å². The van der Waals surface area contributed by atoms with E-state index in [1.165, 1.54) is 0 Å². The van der Waals surface area contributed by atoms with Crippen LogP contribution < -0.4 is 0 Å². The van der Waals surface area contributed by atoms with Gasteiger partial charge in [0.05, 0.1) is 0 Å². The van der Waals surface area contributed by atoms with Crippen LogP contribution in [0, 0.1) is 5.92 Å². The lowest BCUT2D eigenvalue weighted by Gasteiger charge is -2.51. The van der Waals surface area contributed by atoms with Crippen LogP contribution in [-0.4, -0.2) is 54.5 Å². The zero-order chi connectivity index (χ0) is 15.5. The van der Waals surface area contributed by atoms with E-state index in [2.05, 4.69) is 0 Å². The Labute approximate surface area is 124 Å². The molecule has 3 aliphatic rings. The molecular weight excluding hydrogens is 274 g/mol. The van der Waals surface area contributed by atoms with Gasteiger partial charge in [0.25, 0.3) is 0 Å². The van der Waals surface area contributed by atoms with Crippen LogP contribution in [0.25, 0.3) is 0 Å². The number of rotatable bonds is 6. The second-order valence-electron chi connectivity index (χ2n) is 5.69. The van der Waals surface area contributed by atoms with Gasteiger partial charge in [0.2, 0.25) is 0 Å². The van der Waals surface area contributed by atoms with Crippen LogP contribution in [0.2, 0.25) is 0 Å². The van der Waals surface area contributed by atoms with Gasteiger partial charge >= 0.3 is 11.9 Å². The third-order valence-electron chi connectivity index (χ3n) is 4.45. The lowest BCUT2D eigenvalue weighted by atomic mass is 9.74. The molecule has 0 atom stereocenters. The molecule has 3 aliphatic heterocycles. The van der Waals surface area contributed by atoms with Crippen LogP contribution in [0.3, 0.4) is 0 Å². The number of Topliss-reactive ketones (excluding diaryl/α,β-unsaturated/α-hetero) is 1. The molecule has 3 heterocycles. The summed E-state index contributed by atoms with van der Waals surface area (Å²) in [5.74, 6) is -0.637. The van der Waals surface area contributed by atoms with Crippen molar-refractivity contribution in [3.8, 4) is 0 Å². The summed E-state index contributed by atoms with van der Waals surface area (Å²) in [5.41, 5.74) is -0.975. The molecule has 3 rings (SSSR count). The Bertz CT molecular complexity index is 406. The number of hydrogen-bond acceptors (Lipinski definition) is 6. The number of carbonyl (C=O) groups excluding carboxylic acids is 3. The highest BCUT2D eigenvalue weighted by molar-refractivity contribution is 5.93. The summed E-state index contributed by atoms with van der Waals surface area (Å²) >= 11 is 0. The van der Waals surface area contributed by atoms with E-state index in [1.807, 2.05) is 4.90 Å². The van der Waals surface area contributed by atoms with Crippen molar-refractivity contribution in [1.82, 2.24) is 4.90 Å². The molecule has 6 heteroatoms.